The second kappa shape index (κ2) is 4.93. The van der Waals surface area contributed by atoms with Crippen molar-refractivity contribution in [2.24, 2.45) is 5.92 Å². The minimum absolute atomic E-state index is 0.0960. The molecule has 3 nitrogen and oxygen atoms in total. The zero-order valence-electron chi connectivity index (χ0n) is 10.8. The summed E-state index contributed by atoms with van der Waals surface area (Å²) in [6, 6.07) is 7.83. The first-order chi connectivity index (χ1) is 9.13. The molecule has 0 aliphatic carbocycles. The molecule has 1 amide bonds. The van der Waals surface area contributed by atoms with Crippen LogP contribution in [0.4, 0.5) is 0 Å². The molecule has 1 fully saturated rings. The van der Waals surface area contributed by atoms with Crippen molar-refractivity contribution in [2.45, 2.75) is 13.3 Å². The third-order valence-corrected chi connectivity index (χ3v) is 4.09. The van der Waals surface area contributed by atoms with Crippen molar-refractivity contribution >= 4 is 32.7 Å². The van der Waals surface area contributed by atoms with E-state index in [4.69, 9.17) is 0 Å². The van der Waals surface area contributed by atoms with Crippen LogP contribution in [0.1, 0.15) is 23.7 Å². The third kappa shape index (κ3) is 2.50. The first kappa shape index (κ1) is 12.6. The molecule has 4 heteroatoms. The number of nitrogens with zero attached hydrogens (tertiary/aromatic N) is 2. The average molecular weight is 319 g/mol. The van der Waals surface area contributed by atoms with Gasteiger partial charge in [0.25, 0.3) is 5.91 Å². The van der Waals surface area contributed by atoms with Crippen LogP contribution in [0.2, 0.25) is 0 Å². The second-order valence-electron chi connectivity index (χ2n) is 5.21. The highest BCUT2D eigenvalue weighted by molar-refractivity contribution is 9.10. The van der Waals surface area contributed by atoms with Gasteiger partial charge in [-0.15, -0.1) is 0 Å². The lowest BCUT2D eigenvalue weighted by Crippen LogP contribution is -2.28. The molecule has 1 aromatic heterocycles. The number of pyridine rings is 1. The van der Waals surface area contributed by atoms with Gasteiger partial charge < -0.3 is 4.90 Å². The van der Waals surface area contributed by atoms with Gasteiger partial charge in [-0.3, -0.25) is 9.78 Å². The molecule has 2 aromatic rings. The summed E-state index contributed by atoms with van der Waals surface area (Å²) in [7, 11) is 0. The summed E-state index contributed by atoms with van der Waals surface area (Å²) < 4.78 is 1.00. The van der Waals surface area contributed by atoms with Crippen molar-refractivity contribution in [3.8, 4) is 0 Å². The quantitative estimate of drug-likeness (QED) is 0.806. The van der Waals surface area contributed by atoms with Gasteiger partial charge in [0.15, 0.2) is 0 Å². The molecule has 1 atom stereocenters. The number of likely N-dealkylation sites (tertiary alicyclic amines) is 1. The number of fused-ring (bicyclic) bond motifs is 1. The van der Waals surface area contributed by atoms with Crippen LogP contribution in [-0.2, 0) is 0 Å². The lowest BCUT2D eigenvalue weighted by atomic mass is 10.1. The predicted octanol–water partition coefficient (Wildman–Crippen LogP) is 3.48. The van der Waals surface area contributed by atoms with Crippen molar-refractivity contribution in [2.75, 3.05) is 13.1 Å². The SMILES string of the molecule is CC1CCN(C(=O)c2cnc3ccc(Br)cc3c2)C1. The lowest BCUT2D eigenvalue weighted by Gasteiger charge is -2.15. The maximum atomic E-state index is 12.4. The number of carbonyl (C=O) groups excluding carboxylic acids is 1. The number of benzene rings is 1. The number of carbonyl (C=O) groups is 1. The van der Waals surface area contributed by atoms with E-state index in [0.717, 1.165) is 34.9 Å². The molecule has 1 unspecified atom stereocenters. The first-order valence-electron chi connectivity index (χ1n) is 6.48. The van der Waals surface area contributed by atoms with Crippen molar-refractivity contribution in [1.29, 1.82) is 0 Å². The van der Waals surface area contributed by atoms with Crippen LogP contribution in [0, 0.1) is 5.92 Å². The first-order valence-corrected chi connectivity index (χ1v) is 7.27. The third-order valence-electron chi connectivity index (χ3n) is 3.60. The number of hydrogen-bond acceptors (Lipinski definition) is 2. The highest BCUT2D eigenvalue weighted by Gasteiger charge is 2.24. The number of aromatic nitrogens is 1. The summed E-state index contributed by atoms with van der Waals surface area (Å²) in [5.41, 5.74) is 1.59. The molecule has 2 heterocycles. The molecule has 0 N–H and O–H groups in total. The largest absolute Gasteiger partial charge is 0.338 e. The molecule has 1 aliphatic rings. The molecule has 98 valence electrons. The molecule has 0 saturated carbocycles. The summed E-state index contributed by atoms with van der Waals surface area (Å²) in [6.45, 7) is 3.90. The summed E-state index contributed by atoms with van der Waals surface area (Å²) >= 11 is 3.45. The smallest absolute Gasteiger partial charge is 0.255 e. The van der Waals surface area contributed by atoms with E-state index in [1.807, 2.05) is 29.2 Å². The second-order valence-corrected chi connectivity index (χ2v) is 6.12. The fraction of sp³-hybridized carbons (Fsp3) is 0.333. The molecule has 1 aliphatic heterocycles. The number of hydrogen-bond donors (Lipinski definition) is 0. The van der Waals surface area contributed by atoms with Crippen LogP contribution in [-0.4, -0.2) is 28.9 Å². The summed E-state index contributed by atoms with van der Waals surface area (Å²) in [4.78, 5) is 18.7. The Morgan fingerprint density at radius 1 is 1.42 bits per heavy atom. The van der Waals surface area contributed by atoms with Gasteiger partial charge in [-0.25, -0.2) is 0 Å². The van der Waals surface area contributed by atoms with Gasteiger partial charge >= 0.3 is 0 Å². The maximum Gasteiger partial charge on any atom is 0.255 e. The van der Waals surface area contributed by atoms with Gasteiger partial charge in [-0.05, 0) is 36.6 Å². The van der Waals surface area contributed by atoms with Crippen molar-refractivity contribution in [3.63, 3.8) is 0 Å². The molecule has 0 spiro atoms. The summed E-state index contributed by atoms with van der Waals surface area (Å²) in [6.07, 6.45) is 2.78. The molecule has 0 radical (unpaired) electrons. The van der Waals surface area contributed by atoms with Gasteiger partial charge in [-0.1, -0.05) is 22.9 Å². The van der Waals surface area contributed by atoms with E-state index in [-0.39, 0.29) is 5.91 Å². The van der Waals surface area contributed by atoms with Crippen molar-refractivity contribution in [1.82, 2.24) is 9.88 Å². The molecular weight excluding hydrogens is 304 g/mol. The zero-order chi connectivity index (χ0) is 13.4. The van der Waals surface area contributed by atoms with Crippen LogP contribution in [0.3, 0.4) is 0 Å². The van der Waals surface area contributed by atoms with Gasteiger partial charge in [-0.2, -0.15) is 0 Å². The van der Waals surface area contributed by atoms with Crippen LogP contribution in [0.25, 0.3) is 10.9 Å². The fourth-order valence-corrected chi connectivity index (χ4v) is 2.90. The predicted molar refractivity (Wildman–Crippen MR) is 79.1 cm³/mol. The van der Waals surface area contributed by atoms with Gasteiger partial charge in [0.05, 0.1) is 11.1 Å². The van der Waals surface area contributed by atoms with Crippen LogP contribution < -0.4 is 0 Å². The van der Waals surface area contributed by atoms with E-state index in [2.05, 4.69) is 27.8 Å². The molecule has 0 bridgehead atoms. The highest BCUT2D eigenvalue weighted by atomic mass is 79.9. The van der Waals surface area contributed by atoms with E-state index in [9.17, 15) is 4.79 Å². The van der Waals surface area contributed by atoms with E-state index in [1.165, 1.54) is 0 Å². The number of halogens is 1. The Balaban J connectivity index is 1.94. The van der Waals surface area contributed by atoms with E-state index >= 15 is 0 Å². The average Bonchev–Trinajstić information content (AvgIpc) is 2.83. The van der Waals surface area contributed by atoms with Crippen LogP contribution >= 0.6 is 15.9 Å². The van der Waals surface area contributed by atoms with Crippen molar-refractivity contribution < 1.29 is 4.79 Å². The molecule has 1 aromatic carbocycles. The fourth-order valence-electron chi connectivity index (χ4n) is 2.52. The summed E-state index contributed by atoms with van der Waals surface area (Å²) in [5.74, 6) is 0.699. The standard InChI is InChI=1S/C15H15BrN2O/c1-10-4-5-18(9-10)15(19)12-6-11-7-13(16)2-3-14(11)17-8-12/h2-3,6-8,10H,4-5,9H2,1H3. The van der Waals surface area contributed by atoms with Gasteiger partial charge in [0.1, 0.15) is 0 Å². The van der Waals surface area contributed by atoms with Crippen molar-refractivity contribution in [3.05, 3.63) is 40.5 Å². The van der Waals surface area contributed by atoms with E-state index < -0.39 is 0 Å². The summed E-state index contributed by atoms with van der Waals surface area (Å²) in [5, 5.41) is 0.993. The molecule has 3 rings (SSSR count). The van der Waals surface area contributed by atoms with Gasteiger partial charge in [0.2, 0.25) is 0 Å². The van der Waals surface area contributed by atoms with E-state index in [1.54, 1.807) is 6.20 Å². The Labute approximate surface area is 120 Å². The number of amides is 1. The molecule has 1 saturated heterocycles. The van der Waals surface area contributed by atoms with E-state index in [0.29, 0.717) is 11.5 Å². The highest BCUT2D eigenvalue weighted by Crippen LogP contribution is 2.22. The number of rotatable bonds is 1. The van der Waals surface area contributed by atoms with Crippen LogP contribution in [0.5, 0.6) is 0 Å². The minimum atomic E-state index is 0.0960. The molecular formula is C15H15BrN2O. The Kier molecular flexibility index (Phi) is 3.27. The topological polar surface area (TPSA) is 33.2 Å². The minimum Gasteiger partial charge on any atom is -0.338 e. The van der Waals surface area contributed by atoms with Crippen LogP contribution in [0.15, 0.2) is 34.9 Å². The lowest BCUT2D eigenvalue weighted by molar-refractivity contribution is 0.0788. The maximum absolute atomic E-state index is 12.4. The Hall–Kier alpha value is -1.42. The normalized spacial score (nSPS) is 19.1. The molecule has 19 heavy (non-hydrogen) atoms. The van der Waals surface area contributed by atoms with Gasteiger partial charge in [0, 0.05) is 29.1 Å². The Morgan fingerprint density at radius 2 is 2.26 bits per heavy atom. The Morgan fingerprint density at radius 3 is 3.00 bits per heavy atom. The zero-order valence-corrected chi connectivity index (χ0v) is 12.4. The Bertz CT molecular complexity index is 641. The monoisotopic (exact) mass is 318 g/mol.